The highest BCUT2D eigenvalue weighted by Crippen LogP contribution is 2.30. The largest absolute Gasteiger partial charge is 0.356 e. The van der Waals surface area contributed by atoms with E-state index in [1.165, 1.54) is 62.0 Å². The number of nitrogens with zero attached hydrogens (tertiary/aromatic N) is 3. The molecule has 1 aromatic carbocycles. The van der Waals surface area contributed by atoms with E-state index in [9.17, 15) is 4.79 Å². The molecule has 0 bridgehead atoms. The van der Waals surface area contributed by atoms with Gasteiger partial charge in [-0.2, -0.15) is 5.10 Å². The van der Waals surface area contributed by atoms with Crippen molar-refractivity contribution in [2.75, 3.05) is 19.6 Å². The fourth-order valence-corrected chi connectivity index (χ4v) is 5.39. The minimum Gasteiger partial charge on any atom is -0.356 e. The monoisotopic (exact) mass is 408 g/mol. The normalized spacial score (nSPS) is 21.9. The van der Waals surface area contributed by atoms with Gasteiger partial charge in [-0.25, -0.2) is 0 Å². The van der Waals surface area contributed by atoms with Crippen molar-refractivity contribution in [2.24, 2.45) is 5.92 Å². The van der Waals surface area contributed by atoms with Crippen molar-refractivity contribution in [3.63, 3.8) is 0 Å². The van der Waals surface area contributed by atoms with Crippen LogP contribution in [0, 0.1) is 19.8 Å². The van der Waals surface area contributed by atoms with Gasteiger partial charge in [0.1, 0.15) is 0 Å². The number of carbonyl (C=O) groups is 1. The number of fused-ring (bicyclic) bond motifs is 1. The Hall–Kier alpha value is -2.14. The molecule has 2 aliphatic heterocycles. The van der Waals surface area contributed by atoms with E-state index in [1.54, 1.807) is 0 Å². The number of hydrogen-bond acceptors (Lipinski definition) is 3. The molecule has 4 rings (SSSR count). The zero-order valence-electron chi connectivity index (χ0n) is 18.6. The third-order valence-electron chi connectivity index (χ3n) is 7.10. The van der Waals surface area contributed by atoms with Gasteiger partial charge in [0.25, 0.3) is 0 Å². The molecular weight excluding hydrogens is 372 g/mol. The molecule has 5 nitrogen and oxygen atoms in total. The maximum atomic E-state index is 12.6. The Morgan fingerprint density at radius 2 is 1.90 bits per heavy atom. The number of amides is 1. The molecule has 2 aliphatic rings. The molecule has 1 aromatic heterocycles. The van der Waals surface area contributed by atoms with Crippen LogP contribution in [0.4, 0.5) is 0 Å². The molecule has 0 radical (unpaired) electrons. The summed E-state index contributed by atoms with van der Waals surface area (Å²) in [6.07, 6.45) is 7.82. The molecule has 2 aromatic rings. The summed E-state index contributed by atoms with van der Waals surface area (Å²) < 4.78 is 2.07. The summed E-state index contributed by atoms with van der Waals surface area (Å²) in [5.41, 5.74) is 4.68. The van der Waals surface area contributed by atoms with Gasteiger partial charge < -0.3 is 10.2 Å². The minimum atomic E-state index is 0.178. The Morgan fingerprint density at radius 3 is 2.73 bits per heavy atom. The van der Waals surface area contributed by atoms with Gasteiger partial charge in [0.15, 0.2) is 0 Å². The summed E-state index contributed by atoms with van der Waals surface area (Å²) in [6, 6.07) is 11.1. The van der Waals surface area contributed by atoms with Crippen LogP contribution in [0.25, 0.3) is 0 Å². The number of piperidine rings is 2. The van der Waals surface area contributed by atoms with Crippen LogP contribution in [0.2, 0.25) is 0 Å². The van der Waals surface area contributed by atoms with Gasteiger partial charge >= 0.3 is 0 Å². The van der Waals surface area contributed by atoms with Crippen molar-refractivity contribution in [3.05, 3.63) is 52.8 Å². The molecular formula is C25H36N4O. The van der Waals surface area contributed by atoms with E-state index in [0.29, 0.717) is 18.4 Å². The second-order valence-corrected chi connectivity index (χ2v) is 9.10. The SMILES string of the molecule is Cc1nn(Cc2ccccc2)c(C)c1CCC(=O)NCC1CCCN2CCCCC12. The van der Waals surface area contributed by atoms with E-state index in [-0.39, 0.29) is 5.91 Å². The van der Waals surface area contributed by atoms with E-state index >= 15 is 0 Å². The summed E-state index contributed by atoms with van der Waals surface area (Å²) in [5, 5.41) is 7.98. The summed E-state index contributed by atoms with van der Waals surface area (Å²) >= 11 is 0. The number of nitrogens with one attached hydrogen (secondary N) is 1. The van der Waals surface area contributed by atoms with Crippen LogP contribution in [-0.4, -0.2) is 46.3 Å². The maximum Gasteiger partial charge on any atom is 0.220 e. The quantitative estimate of drug-likeness (QED) is 0.757. The second-order valence-electron chi connectivity index (χ2n) is 9.10. The van der Waals surface area contributed by atoms with Crippen molar-refractivity contribution in [1.29, 1.82) is 0 Å². The number of aromatic nitrogens is 2. The predicted molar refractivity (Wildman–Crippen MR) is 121 cm³/mol. The van der Waals surface area contributed by atoms with Crippen LogP contribution in [0.3, 0.4) is 0 Å². The molecule has 1 amide bonds. The molecule has 2 saturated heterocycles. The topological polar surface area (TPSA) is 50.2 Å². The lowest BCUT2D eigenvalue weighted by Crippen LogP contribution is -2.51. The van der Waals surface area contributed by atoms with Crippen LogP contribution in [-0.2, 0) is 17.8 Å². The van der Waals surface area contributed by atoms with Gasteiger partial charge in [0.05, 0.1) is 12.2 Å². The Morgan fingerprint density at radius 1 is 1.10 bits per heavy atom. The summed E-state index contributed by atoms with van der Waals surface area (Å²) in [7, 11) is 0. The maximum absolute atomic E-state index is 12.6. The number of benzene rings is 1. The molecule has 3 heterocycles. The molecule has 30 heavy (non-hydrogen) atoms. The van der Waals surface area contributed by atoms with Crippen molar-refractivity contribution >= 4 is 5.91 Å². The van der Waals surface area contributed by atoms with Crippen LogP contribution in [0.5, 0.6) is 0 Å². The average molecular weight is 409 g/mol. The predicted octanol–water partition coefficient (Wildman–Crippen LogP) is 3.86. The zero-order valence-corrected chi connectivity index (χ0v) is 18.6. The lowest BCUT2D eigenvalue weighted by atomic mass is 9.83. The Balaban J connectivity index is 1.28. The highest BCUT2D eigenvalue weighted by atomic mass is 16.1. The van der Waals surface area contributed by atoms with Crippen LogP contribution >= 0.6 is 0 Å². The summed E-state index contributed by atoms with van der Waals surface area (Å²) in [6.45, 7) is 8.29. The van der Waals surface area contributed by atoms with E-state index in [2.05, 4.69) is 53.0 Å². The molecule has 1 N–H and O–H groups in total. The number of carbonyl (C=O) groups excluding carboxylic acids is 1. The molecule has 2 atom stereocenters. The molecule has 2 fully saturated rings. The summed E-state index contributed by atoms with van der Waals surface area (Å²) in [4.78, 5) is 15.3. The smallest absolute Gasteiger partial charge is 0.220 e. The third-order valence-corrected chi connectivity index (χ3v) is 7.10. The van der Waals surface area contributed by atoms with Gasteiger partial charge in [-0.1, -0.05) is 36.8 Å². The van der Waals surface area contributed by atoms with Gasteiger partial charge in [0, 0.05) is 24.7 Å². The van der Waals surface area contributed by atoms with Gasteiger partial charge in [-0.3, -0.25) is 9.48 Å². The number of rotatable bonds is 7. The van der Waals surface area contributed by atoms with E-state index < -0.39 is 0 Å². The standard InChI is InChI=1S/C25H36N4O/c1-19-23(20(2)29(27-19)18-21-9-4-3-5-10-21)13-14-25(30)26-17-22-11-8-16-28-15-7-6-12-24(22)28/h3-5,9-10,22,24H,6-8,11-18H2,1-2H3,(H,26,30). The van der Waals surface area contributed by atoms with Crippen LogP contribution in [0.1, 0.15) is 61.0 Å². The first kappa shape index (κ1) is 21.1. The Bertz CT molecular complexity index is 842. The molecule has 2 unspecified atom stereocenters. The molecule has 0 spiro atoms. The highest BCUT2D eigenvalue weighted by Gasteiger charge is 2.32. The molecule has 0 aliphatic carbocycles. The molecule has 0 saturated carbocycles. The first-order chi connectivity index (χ1) is 14.6. The average Bonchev–Trinajstić information content (AvgIpc) is 3.03. The van der Waals surface area contributed by atoms with E-state index in [4.69, 9.17) is 5.10 Å². The number of aryl methyl sites for hydroxylation is 1. The van der Waals surface area contributed by atoms with E-state index in [1.807, 2.05) is 6.07 Å². The Labute approximate surface area is 180 Å². The van der Waals surface area contributed by atoms with Gasteiger partial charge in [-0.15, -0.1) is 0 Å². The zero-order chi connectivity index (χ0) is 20.9. The highest BCUT2D eigenvalue weighted by molar-refractivity contribution is 5.76. The lowest BCUT2D eigenvalue weighted by Gasteiger charge is -2.44. The van der Waals surface area contributed by atoms with Gasteiger partial charge in [0.2, 0.25) is 5.91 Å². The third kappa shape index (κ3) is 4.94. The van der Waals surface area contributed by atoms with Crippen molar-refractivity contribution < 1.29 is 4.79 Å². The lowest BCUT2D eigenvalue weighted by molar-refractivity contribution is -0.121. The van der Waals surface area contributed by atoms with E-state index in [0.717, 1.165) is 25.2 Å². The second kappa shape index (κ2) is 9.78. The van der Waals surface area contributed by atoms with Crippen molar-refractivity contribution in [2.45, 2.75) is 71.4 Å². The number of hydrogen-bond donors (Lipinski definition) is 1. The minimum absolute atomic E-state index is 0.178. The fraction of sp³-hybridized carbons (Fsp3) is 0.600. The first-order valence-corrected chi connectivity index (χ1v) is 11.7. The molecule has 162 valence electrons. The fourth-order valence-electron chi connectivity index (χ4n) is 5.39. The van der Waals surface area contributed by atoms with Crippen LogP contribution in [0.15, 0.2) is 30.3 Å². The van der Waals surface area contributed by atoms with Crippen molar-refractivity contribution in [1.82, 2.24) is 20.0 Å². The summed E-state index contributed by atoms with van der Waals surface area (Å²) in [5.74, 6) is 0.803. The first-order valence-electron chi connectivity index (χ1n) is 11.7. The van der Waals surface area contributed by atoms with Gasteiger partial charge in [-0.05, 0) is 76.1 Å². The molecule has 5 heteroatoms. The Kier molecular flexibility index (Phi) is 6.88. The van der Waals surface area contributed by atoms with Crippen LogP contribution < -0.4 is 5.32 Å². The van der Waals surface area contributed by atoms with Crippen molar-refractivity contribution in [3.8, 4) is 0 Å².